The molecule has 0 saturated carbocycles. The highest BCUT2D eigenvalue weighted by Crippen LogP contribution is 2.35. The molecule has 6 nitrogen and oxygen atoms in total. The molecule has 2 saturated heterocycles. The molecule has 0 aromatic rings. The van der Waals surface area contributed by atoms with Gasteiger partial charge in [-0.2, -0.15) is 5.06 Å². The van der Waals surface area contributed by atoms with E-state index in [0.717, 1.165) is 5.06 Å². The van der Waals surface area contributed by atoms with Gasteiger partial charge in [0.1, 0.15) is 12.6 Å². The Morgan fingerprint density at radius 3 is 3.10 bits per heavy atom. The molecule has 0 aromatic carbocycles. The maximum atomic E-state index is 13.7. The van der Waals surface area contributed by atoms with Crippen LogP contribution in [-0.4, -0.2) is 66.0 Å². The van der Waals surface area contributed by atoms with Gasteiger partial charge < -0.3 is 15.2 Å². The van der Waals surface area contributed by atoms with Crippen molar-refractivity contribution in [3.63, 3.8) is 0 Å². The van der Waals surface area contributed by atoms with Gasteiger partial charge in [0, 0.05) is 13.0 Å². The number of rotatable bonds is 6. The van der Waals surface area contributed by atoms with Gasteiger partial charge in [-0.25, -0.2) is 13.6 Å². The molecule has 0 radical (unpaired) electrons. The molecule has 0 amide bonds. The molecule has 120 valence electrons. The van der Waals surface area contributed by atoms with Gasteiger partial charge in [0.25, 0.3) is 5.92 Å². The lowest BCUT2D eigenvalue weighted by molar-refractivity contribution is -0.190. The van der Waals surface area contributed by atoms with Crippen molar-refractivity contribution in [1.29, 1.82) is 0 Å². The molecule has 21 heavy (non-hydrogen) atoms. The van der Waals surface area contributed by atoms with Crippen LogP contribution in [0.4, 0.5) is 8.78 Å². The lowest BCUT2D eigenvalue weighted by Crippen LogP contribution is -2.47. The first-order valence-electron chi connectivity index (χ1n) is 6.79. The monoisotopic (exact) mass is 306 g/mol. The van der Waals surface area contributed by atoms with Gasteiger partial charge in [0.15, 0.2) is 5.60 Å². The second-order valence-electron chi connectivity index (χ2n) is 5.54. The third-order valence-electron chi connectivity index (χ3n) is 3.73. The van der Waals surface area contributed by atoms with Crippen LogP contribution in [0.5, 0.6) is 0 Å². The van der Waals surface area contributed by atoms with Crippen LogP contribution in [0.1, 0.15) is 13.3 Å². The van der Waals surface area contributed by atoms with Crippen molar-refractivity contribution in [3.05, 3.63) is 12.7 Å². The average molecular weight is 306 g/mol. The molecule has 2 fully saturated rings. The number of esters is 1. The summed E-state index contributed by atoms with van der Waals surface area (Å²) in [5.41, 5.74) is -1.76. The summed E-state index contributed by atoms with van der Waals surface area (Å²) in [6.07, 6.45) is 1.31. The van der Waals surface area contributed by atoms with E-state index in [4.69, 9.17) is 9.57 Å². The largest absolute Gasteiger partial charge is 0.459 e. The van der Waals surface area contributed by atoms with Gasteiger partial charge in [-0.1, -0.05) is 12.7 Å². The van der Waals surface area contributed by atoms with Crippen LogP contribution < -0.4 is 5.32 Å². The Balaban J connectivity index is 1.90. The molecule has 1 unspecified atom stereocenters. The second-order valence-corrected chi connectivity index (χ2v) is 5.54. The van der Waals surface area contributed by atoms with E-state index in [1.165, 1.54) is 13.0 Å². The number of nitrogens with one attached hydrogen (secondary N) is 1. The number of ether oxygens (including phenoxy) is 1. The molecule has 2 heterocycles. The fourth-order valence-corrected chi connectivity index (χ4v) is 2.52. The van der Waals surface area contributed by atoms with E-state index in [0.29, 0.717) is 0 Å². The Bertz CT molecular complexity index is 417. The minimum absolute atomic E-state index is 0.00856. The summed E-state index contributed by atoms with van der Waals surface area (Å²) in [6, 6.07) is -1.50. The van der Waals surface area contributed by atoms with Crippen LogP contribution in [0, 0.1) is 0 Å². The van der Waals surface area contributed by atoms with Crippen molar-refractivity contribution in [2.24, 2.45) is 0 Å². The highest BCUT2D eigenvalue weighted by molar-refractivity contribution is 5.78. The van der Waals surface area contributed by atoms with Crippen LogP contribution in [-0.2, 0) is 14.4 Å². The standard InChI is InChI=1S/C13H20F2N2O4/c1-3-6-20-11(18)12(2,19)4-5-17-10-9(7-21-17)16-8-13(10,14)15/h3,9-10,16,19H,1,4-8H2,2H3/t9-,10+,12?/m1/s1. The topological polar surface area (TPSA) is 71.0 Å². The number of hydrogen-bond donors (Lipinski definition) is 2. The van der Waals surface area contributed by atoms with E-state index in [1.807, 2.05) is 0 Å². The number of hydrogen-bond acceptors (Lipinski definition) is 6. The average Bonchev–Trinajstić information content (AvgIpc) is 2.96. The summed E-state index contributed by atoms with van der Waals surface area (Å²) in [5.74, 6) is -3.70. The molecule has 0 spiro atoms. The van der Waals surface area contributed by atoms with E-state index in [2.05, 4.69) is 11.9 Å². The summed E-state index contributed by atoms with van der Waals surface area (Å²) >= 11 is 0. The van der Waals surface area contributed by atoms with Crippen molar-refractivity contribution >= 4 is 5.97 Å². The van der Waals surface area contributed by atoms with E-state index < -0.39 is 29.6 Å². The van der Waals surface area contributed by atoms with Crippen LogP contribution in [0.2, 0.25) is 0 Å². The number of halogens is 2. The molecule has 0 aromatic heterocycles. The number of hydroxylamine groups is 2. The highest BCUT2D eigenvalue weighted by Gasteiger charge is 2.57. The number of nitrogens with zero attached hydrogens (tertiary/aromatic N) is 1. The first-order chi connectivity index (χ1) is 9.78. The number of aliphatic hydroxyl groups is 1. The Labute approximate surface area is 121 Å². The van der Waals surface area contributed by atoms with Crippen LogP contribution in [0.25, 0.3) is 0 Å². The molecule has 2 aliphatic rings. The first-order valence-corrected chi connectivity index (χ1v) is 6.79. The quantitative estimate of drug-likeness (QED) is 0.535. The summed E-state index contributed by atoms with van der Waals surface area (Å²) in [6.45, 7) is 4.45. The molecule has 2 N–H and O–H groups in total. The van der Waals surface area contributed by atoms with E-state index in [9.17, 15) is 18.7 Å². The van der Waals surface area contributed by atoms with Crippen molar-refractivity contribution in [2.75, 3.05) is 26.3 Å². The zero-order valence-electron chi connectivity index (χ0n) is 11.8. The Hall–Kier alpha value is -1.09. The van der Waals surface area contributed by atoms with Gasteiger partial charge in [0.05, 0.1) is 19.2 Å². The Morgan fingerprint density at radius 2 is 2.43 bits per heavy atom. The van der Waals surface area contributed by atoms with Gasteiger partial charge >= 0.3 is 5.97 Å². The van der Waals surface area contributed by atoms with Crippen molar-refractivity contribution < 1.29 is 28.3 Å². The number of carbonyl (C=O) groups is 1. The van der Waals surface area contributed by atoms with Gasteiger partial charge in [-0.15, -0.1) is 0 Å². The lowest BCUT2D eigenvalue weighted by atomic mass is 10.0. The fraction of sp³-hybridized carbons (Fsp3) is 0.769. The van der Waals surface area contributed by atoms with E-state index in [1.54, 1.807) is 0 Å². The minimum atomic E-state index is -2.89. The maximum absolute atomic E-state index is 13.7. The lowest BCUT2D eigenvalue weighted by Gasteiger charge is -2.28. The SMILES string of the molecule is C=CCOC(=O)C(C)(O)CCN1OC[C@H]2NCC(F)(F)[C@H]21. The first kappa shape index (κ1) is 16.3. The summed E-state index contributed by atoms with van der Waals surface area (Å²) in [7, 11) is 0. The Morgan fingerprint density at radius 1 is 1.71 bits per heavy atom. The van der Waals surface area contributed by atoms with E-state index >= 15 is 0 Å². The zero-order chi connectivity index (χ0) is 15.7. The zero-order valence-corrected chi connectivity index (χ0v) is 11.8. The molecule has 3 atom stereocenters. The summed E-state index contributed by atoms with van der Waals surface area (Å²) in [5, 5.41) is 13.9. The van der Waals surface area contributed by atoms with Crippen LogP contribution in [0.3, 0.4) is 0 Å². The predicted octanol–water partition coefficient (Wildman–Crippen LogP) is 0.0796. The van der Waals surface area contributed by atoms with Crippen LogP contribution in [0.15, 0.2) is 12.7 Å². The smallest absolute Gasteiger partial charge is 0.338 e. The summed E-state index contributed by atoms with van der Waals surface area (Å²) < 4.78 is 32.3. The third-order valence-corrected chi connectivity index (χ3v) is 3.73. The van der Waals surface area contributed by atoms with Crippen molar-refractivity contribution in [2.45, 2.75) is 37.0 Å². The molecule has 2 rings (SSSR count). The highest BCUT2D eigenvalue weighted by atomic mass is 19.3. The minimum Gasteiger partial charge on any atom is -0.459 e. The molecule has 0 bridgehead atoms. The van der Waals surface area contributed by atoms with Gasteiger partial charge in [-0.05, 0) is 6.92 Å². The summed E-state index contributed by atoms with van der Waals surface area (Å²) in [4.78, 5) is 16.9. The second kappa shape index (κ2) is 5.96. The predicted molar refractivity (Wildman–Crippen MR) is 69.6 cm³/mol. The Kier molecular flexibility index (Phi) is 4.62. The van der Waals surface area contributed by atoms with Crippen molar-refractivity contribution in [1.82, 2.24) is 10.4 Å². The van der Waals surface area contributed by atoms with Crippen molar-refractivity contribution in [3.8, 4) is 0 Å². The fourth-order valence-electron chi connectivity index (χ4n) is 2.52. The third kappa shape index (κ3) is 3.39. The molecule has 0 aliphatic carbocycles. The number of carbonyl (C=O) groups excluding carboxylic acids is 1. The van der Waals surface area contributed by atoms with Crippen LogP contribution >= 0.6 is 0 Å². The van der Waals surface area contributed by atoms with Gasteiger partial charge in [0.2, 0.25) is 0 Å². The number of alkyl halides is 2. The normalized spacial score (nSPS) is 30.7. The maximum Gasteiger partial charge on any atom is 0.338 e. The molecule has 8 heteroatoms. The van der Waals surface area contributed by atoms with Gasteiger partial charge in [-0.3, -0.25) is 4.84 Å². The van der Waals surface area contributed by atoms with E-state index in [-0.39, 0.29) is 32.7 Å². The molecular formula is C13H20F2N2O4. The number of fused-ring (bicyclic) bond motifs is 1. The molecule has 2 aliphatic heterocycles. The molecular weight excluding hydrogens is 286 g/mol.